The second-order valence-electron chi connectivity index (χ2n) is 4.76. The van der Waals surface area contributed by atoms with Crippen molar-refractivity contribution in [3.63, 3.8) is 0 Å². The second-order valence-corrected chi connectivity index (χ2v) is 4.76. The van der Waals surface area contributed by atoms with Crippen LogP contribution in [0.3, 0.4) is 0 Å². The number of ether oxygens (including phenoxy) is 1. The van der Waals surface area contributed by atoms with E-state index in [2.05, 4.69) is 4.98 Å². The first kappa shape index (κ1) is 12.0. The van der Waals surface area contributed by atoms with Gasteiger partial charge in [0.25, 0.3) is 0 Å². The lowest BCUT2D eigenvalue weighted by molar-refractivity contribution is 0.0500. The fourth-order valence-corrected chi connectivity index (χ4v) is 2.40. The lowest BCUT2D eigenvalue weighted by atomic mass is 9.89. The van der Waals surface area contributed by atoms with Crippen LogP contribution in [0.2, 0.25) is 0 Å². The molecule has 2 heterocycles. The first-order chi connectivity index (χ1) is 9.24. The summed E-state index contributed by atoms with van der Waals surface area (Å²) in [4.78, 5) is 4.26. The van der Waals surface area contributed by atoms with Crippen LogP contribution in [-0.2, 0) is 6.42 Å². The molecule has 0 radical (unpaired) electrons. The molecule has 0 spiro atoms. The predicted molar refractivity (Wildman–Crippen MR) is 70.0 cm³/mol. The van der Waals surface area contributed by atoms with Crippen molar-refractivity contribution in [2.45, 2.75) is 12.5 Å². The van der Waals surface area contributed by atoms with Crippen LogP contribution in [0.25, 0.3) is 0 Å². The van der Waals surface area contributed by atoms with E-state index in [0.717, 1.165) is 5.69 Å². The monoisotopic (exact) mass is 257 g/mol. The molecule has 2 atom stereocenters. The van der Waals surface area contributed by atoms with Gasteiger partial charge >= 0.3 is 0 Å². The number of fused-ring (bicyclic) bond motifs is 1. The van der Waals surface area contributed by atoms with Gasteiger partial charge in [0, 0.05) is 23.4 Å². The van der Waals surface area contributed by atoms with E-state index in [4.69, 9.17) is 4.74 Å². The first-order valence-corrected chi connectivity index (χ1v) is 6.28. The van der Waals surface area contributed by atoms with E-state index in [9.17, 15) is 10.2 Å². The summed E-state index contributed by atoms with van der Waals surface area (Å²) in [5.41, 5.74) is 1.57. The minimum absolute atomic E-state index is 0.0517. The highest BCUT2D eigenvalue weighted by Gasteiger charge is 2.30. The molecule has 1 aliphatic rings. The fourth-order valence-electron chi connectivity index (χ4n) is 2.40. The highest BCUT2D eigenvalue weighted by Crippen LogP contribution is 2.38. The van der Waals surface area contributed by atoms with Crippen molar-refractivity contribution < 1.29 is 14.9 Å². The number of phenolic OH excluding ortho intramolecular Hbond substituents is 1. The Balaban J connectivity index is 1.83. The molecule has 0 saturated carbocycles. The van der Waals surface area contributed by atoms with Gasteiger partial charge in [-0.15, -0.1) is 0 Å². The van der Waals surface area contributed by atoms with Crippen molar-refractivity contribution >= 4 is 0 Å². The van der Waals surface area contributed by atoms with Gasteiger partial charge in [0.1, 0.15) is 11.5 Å². The number of phenols is 1. The van der Waals surface area contributed by atoms with Gasteiger partial charge in [-0.05, 0) is 36.8 Å². The van der Waals surface area contributed by atoms with Gasteiger partial charge in [-0.25, -0.2) is 0 Å². The number of aromatic nitrogens is 1. The van der Waals surface area contributed by atoms with E-state index in [0.29, 0.717) is 24.3 Å². The zero-order valence-electron chi connectivity index (χ0n) is 10.4. The quantitative estimate of drug-likeness (QED) is 0.864. The smallest absolute Gasteiger partial charge is 0.125 e. The van der Waals surface area contributed by atoms with E-state index < -0.39 is 6.10 Å². The number of rotatable bonds is 2. The van der Waals surface area contributed by atoms with Crippen molar-refractivity contribution in [3.8, 4) is 11.5 Å². The molecule has 0 fully saturated rings. The molecule has 98 valence electrons. The molecule has 0 aliphatic carbocycles. The van der Waals surface area contributed by atoms with Gasteiger partial charge in [0.05, 0.1) is 12.7 Å². The van der Waals surface area contributed by atoms with Crippen molar-refractivity contribution in [3.05, 3.63) is 53.9 Å². The molecule has 4 heteroatoms. The molecule has 1 aromatic heterocycles. The van der Waals surface area contributed by atoms with Gasteiger partial charge < -0.3 is 14.9 Å². The highest BCUT2D eigenvalue weighted by molar-refractivity contribution is 5.42. The summed E-state index contributed by atoms with van der Waals surface area (Å²) in [7, 11) is 0. The number of benzene rings is 1. The Morgan fingerprint density at radius 1 is 1.26 bits per heavy atom. The van der Waals surface area contributed by atoms with E-state index in [1.54, 1.807) is 24.4 Å². The highest BCUT2D eigenvalue weighted by atomic mass is 16.5. The molecule has 0 amide bonds. The molecule has 3 rings (SSSR count). The Hall–Kier alpha value is -2.07. The molecular formula is C15H15NO3. The first-order valence-electron chi connectivity index (χ1n) is 6.28. The zero-order valence-corrected chi connectivity index (χ0v) is 10.4. The number of aromatic hydroxyl groups is 1. The Labute approximate surface area is 111 Å². The average molecular weight is 257 g/mol. The van der Waals surface area contributed by atoms with Gasteiger partial charge in [-0.2, -0.15) is 0 Å². The molecular weight excluding hydrogens is 242 g/mol. The van der Waals surface area contributed by atoms with Crippen molar-refractivity contribution in [2.75, 3.05) is 6.61 Å². The van der Waals surface area contributed by atoms with E-state index in [1.807, 2.05) is 18.2 Å². The summed E-state index contributed by atoms with van der Waals surface area (Å²) in [6.45, 7) is 0.454. The molecule has 2 N–H and O–H groups in total. The van der Waals surface area contributed by atoms with E-state index in [-0.39, 0.29) is 11.7 Å². The topological polar surface area (TPSA) is 62.6 Å². The van der Waals surface area contributed by atoms with Crippen LogP contribution in [0, 0.1) is 5.92 Å². The van der Waals surface area contributed by atoms with Crippen LogP contribution in [0.4, 0.5) is 0 Å². The van der Waals surface area contributed by atoms with Gasteiger partial charge in [-0.3, -0.25) is 4.98 Å². The van der Waals surface area contributed by atoms with Crippen molar-refractivity contribution in [1.29, 1.82) is 0 Å². The molecule has 2 unspecified atom stereocenters. The van der Waals surface area contributed by atoms with E-state index >= 15 is 0 Å². The molecule has 0 bridgehead atoms. The van der Waals surface area contributed by atoms with E-state index in [1.165, 1.54) is 0 Å². The molecule has 0 saturated heterocycles. The lowest BCUT2D eigenvalue weighted by Gasteiger charge is -2.30. The number of nitrogens with zero attached hydrogens (tertiary/aromatic N) is 1. The third kappa shape index (κ3) is 2.39. The number of pyridine rings is 1. The maximum absolute atomic E-state index is 10.4. The van der Waals surface area contributed by atoms with Crippen LogP contribution in [0.5, 0.6) is 11.5 Å². The minimum atomic E-state index is -0.641. The standard InChI is InChI=1S/C15H15NO3/c17-12-4-5-14-13(8-12)15(18)10(9-19-14)7-11-3-1-2-6-16-11/h1-6,8,10,15,17-18H,7,9H2. The van der Waals surface area contributed by atoms with Gasteiger partial charge in [-0.1, -0.05) is 6.07 Å². The lowest BCUT2D eigenvalue weighted by Crippen LogP contribution is -2.27. The Kier molecular flexibility index (Phi) is 3.09. The number of aliphatic hydroxyl groups is 1. The fraction of sp³-hybridized carbons (Fsp3) is 0.267. The third-order valence-corrected chi connectivity index (χ3v) is 3.41. The second kappa shape index (κ2) is 4.90. The summed E-state index contributed by atoms with van der Waals surface area (Å²) in [5, 5.41) is 19.9. The Morgan fingerprint density at radius 2 is 2.16 bits per heavy atom. The number of aliphatic hydroxyl groups excluding tert-OH is 1. The van der Waals surface area contributed by atoms with Gasteiger partial charge in [0.2, 0.25) is 0 Å². The molecule has 1 aliphatic heterocycles. The number of hydrogen-bond acceptors (Lipinski definition) is 4. The summed E-state index contributed by atoms with van der Waals surface area (Å²) in [6.07, 6.45) is 1.75. The minimum Gasteiger partial charge on any atom is -0.508 e. The summed E-state index contributed by atoms with van der Waals surface area (Å²) < 4.78 is 5.63. The van der Waals surface area contributed by atoms with Crippen molar-refractivity contribution in [1.82, 2.24) is 4.98 Å². The normalized spacial score (nSPS) is 21.5. The summed E-state index contributed by atoms with van der Waals surface area (Å²) in [5.74, 6) is 0.728. The van der Waals surface area contributed by atoms with Gasteiger partial charge in [0.15, 0.2) is 0 Å². The average Bonchev–Trinajstić information content (AvgIpc) is 2.44. The van der Waals surface area contributed by atoms with Crippen LogP contribution in [0.1, 0.15) is 17.4 Å². The SMILES string of the molecule is Oc1ccc2c(c1)C(O)C(Cc1ccccn1)CO2. The predicted octanol–water partition coefficient (Wildman–Crippen LogP) is 2.07. The van der Waals surface area contributed by atoms with Crippen molar-refractivity contribution in [2.24, 2.45) is 5.92 Å². The number of hydrogen-bond donors (Lipinski definition) is 2. The van der Waals surface area contributed by atoms with Crippen LogP contribution in [-0.4, -0.2) is 21.8 Å². The summed E-state index contributed by atoms with van der Waals surface area (Å²) in [6, 6.07) is 10.5. The zero-order chi connectivity index (χ0) is 13.2. The van der Waals surface area contributed by atoms with Crippen LogP contribution < -0.4 is 4.74 Å². The molecule has 19 heavy (non-hydrogen) atoms. The Bertz CT molecular complexity index is 571. The van der Waals surface area contributed by atoms with Crippen LogP contribution in [0.15, 0.2) is 42.6 Å². The van der Waals surface area contributed by atoms with Crippen LogP contribution >= 0.6 is 0 Å². The summed E-state index contributed by atoms with van der Waals surface area (Å²) >= 11 is 0. The maximum atomic E-state index is 10.4. The third-order valence-electron chi connectivity index (χ3n) is 3.41. The molecule has 4 nitrogen and oxygen atoms in total. The Morgan fingerprint density at radius 3 is 2.95 bits per heavy atom. The largest absolute Gasteiger partial charge is 0.508 e. The maximum Gasteiger partial charge on any atom is 0.125 e. The molecule has 1 aromatic carbocycles. The molecule has 2 aromatic rings.